The number of unbranched alkanes of at least 4 members (excludes halogenated alkanes) is 1. The van der Waals surface area contributed by atoms with Crippen LogP contribution in [-0.4, -0.2) is 49.5 Å². The molecule has 0 radical (unpaired) electrons. The van der Waals surface area contributed by atoms with Crippen LogP contribution in [0.4, 0.5) is 0 Å². The standard InChI is InChI=1S/C24H26N4O3/c1-3-5-6-18-15-27(12-16-13-28(14-16)23(29)4-2)22-10-21(26-11-19(18)22)20-9-17(24(30)31)7-8-25-20/h4,7-11,15-16H,2-3,5-6,12-14H2,1H3,(H,30,31). The molecule has 0 saturated carbocycles. The Morgan fingerprint density at radius 2 is 2.03 bits per heavy atom. The molecule has 4 heterocycles. The second-order valence-electron chi connectivity index (χ2n) is 8.05. The molecule has 0 unspecified atom stereocenters. The van der Waals surface area contributed by atoms with Crippen molar-refractivity contribution in [2.24, 2.45) is 5.92 Å². The third kappa shape index (κ3) is 4.21. The van der Waals surface area contributed by atoms with Crippen molar-refractivity contribution < 1.29 is 14.7 Å². The van der Waals surface area contributed by atoms with E-state index >= 15 is 0 Å². The molecule has 1 saturated heterocycles. The van der Waals surface area contributed by atoms with Crippen molar-refractivity contribution in [3.63, 3.8) is 0 Å². The molecule has 0 bridgehead atoms. The Morgan fingerprint density at radius 1 is 1.26 bits per heavy atom. The summed E-state index contributed by atoms with van der Waals surface area (Å²) >= 11 is 0. The van der Waals surface area contributed by atoms with Crippen LogP contribution in [0.2, 0.25) is 0 Å². The normalized spacial score (nSPS) is 13.9. The molecule has 1 amide bonds. The van der Waals surface area contributed by atoms with Gasteiger partial charge in [0, 0.05) is 49.5 Å². The SMILES string of the molecule is C=CC(=O)N1CC(Cn2cc(CCCC)c3cnc(-c4cc(C(=O)O)ccn4)cc32)C1. The predicted octanol–water partition coefficient (Wildman–Crippen LogP) is 3.78. The highest BCUT2D eigenvalue weighted by Crippen LogP contribution is 2.29. The van der Waals surface area contributed by atoms with E-state index in [1.807, 2.05) is 12.3 Å². The number of rotatable bonds is 8. The Kier molecular flexibility index (Phi) is 5.84. The minimum atomic E-state index is -0.987. The number of aryl methyl sites for hydroxylation is 1. The van der Waals surface area contributed by atoms with Gasteiger partial charge in [-0.25, -0.2) is 4.79 Å². The van der Waals surface area contributed by atoms with E-state index in [4.69, 9.17) is 0 Å². The van der Waals surface area contributed by atoms with Crippen LogP contribution < -0.4 is 0 Å². The molecule has 0 spiro atoms. The van der Waals surface area contributed by atoms with Gasteiger partial charge in [0.15, 0.2) is 0 Å². The summed E-state index contributed by atoms with van der Waals surface area (Å²) in [6.07, 6.45) is 10.1. The van der Waals surface area contributed by atoms with Gasteiger partial charge in [0.25, 0.3) is 0 Å². The number of carboxylic acid groups (broad SMARTS) is 1. The lowest BCUT2D eigenvalue weighted by molar-refractivity contribution is -0.132. The zero-order valence-electron chi connectivity index (χ0n) is 17.6. The molecule has 7 heteroatoms. The maximum absolute atomic E-state index is 11.7. The molecule has 4 rings (SSSR count). The number of hydrogen-bond donors (Lipinski definition) is 1. The van der Waals surface area contributed by atoms with Crippen LogP contribution in [0.15, 0.2) is 49.4 Å². The predicted molar refractivity (Wildman–Crippen MR) is 119 cm³/mol. The molecule has 0 aliphatic carbocycles. The number of nitrogens with zero attached hydrogens (tertiary/aromatic N) is 4. The highest BCUT2D eigenvalue weighted by molar-refractivity contribution is 5.90. The summed E-state index contributed by atoms with van der Waals surface area (Å²) in [4.78, 5) is 33.8. The molecule has 1 aliphatic heterocycles. The Bertz CT molecular complexity index is 1140. The molecular weight excluding hydrogens is 392 g/mol. The average Bonchev–Trinajstić information content (AvgIpc) is 3.10. The third-order valence-electron chi connectivity index (χ3n) is 5.82. The van der Waals surface area contributed by atoms with Gasteiger partial charge >= 0.3 is 5.97 Å². The molecule has 0 aromatic carbocycles. The van der Waals surface area contributed by atoms with E-state index in [9.17, 15) is 14.7 Å². The van der Waals surface area contributed by atoms with Gasteiger partial charge in [-0.15, -0.1) is 0 Å². The first-order chi connectivity index (χ1) is 15.0. The minimum absolute atomic E-state index is 0.0203. The van der Waals surface area contributed by atoms with E-state index in [1.165, 1.54) is 23.9 Å². The number of hydrogen-bond acceptors (Lipinski definition) is 4. The average molecular weight is 418 g/mol. The largest absolute Gasteiger partial charge is 0.478 e. The number of fused-ring (bicyclic) bond motifs is 1. The number of pyridine rings is 2. The molecule has 3 aromatic rings. The van der Waals surface area contributed by atoms with Gasteiger partial charge in [-0.2, -0.15) is 0 Å². The molecule has 0 atom stereocenters. The van der Waals surface area contributed by atoms with Crippen molar-refractivity contribution in [2.45, 2.75) is 32.7 Å². The number of aromatic carboxylic acids is 1. The Balaban J connectivity index is 1.67. The first kappa shape index (κ1) is 20.8. The molecule has 3 aromatic heterocycles. The number of carboxylic acids is 1. The van der Waals surface area contributed by atoms with Crippen molar-refractivity contribution in [3.8, 4) is 11.4 Å². The lowest BCUT2D eigenvalue weighted by Gasteiger charge is -2.39. The molecule has 160 valence electrons. The van der Waals surface area contributed by atoms with Gasteiger partial charge in [-0.05, 0) is 42.7 Å². The maximum atomic E-state index is 11.7. The van der Waals surface area contributed by atoms with Gasteiger partial charge in [0.1, 0.15) is 0 Å². The summed E-state index contributed by atoms with van der Waals surface area (Å²) in [5, 5.41) is 10.4. The van der Waals surface area contributed by atoms with Gasteiger partial charge < -0.3 is 14.6 Å². The van der Waals surface area contributed by atoms with Crippen molar-refractivity contribution in [3.05, 3.63) is 60.6 Å². The maximum Gasteiger partial charge on any atom is 0.335 e. The van der Waals surface area contributed by atoms with Crippen LogP contribution in [0, 0.1) is 5.92 Å². The second kappa shape index (κ2) is 8.71. The third-order valence-corrected chi connectivity index (χ3v) is 5.82. The molecule has 1 N–H and O–H groups in total. The first-order valence-electron chi connectivity index (χ1n) is 10.6. The second-order valence-corrected chi connectivity index (χ2v) is 8.05. The van der Waals surface area contributed by atoms with Gasteiger partial charge in [0.2, 0.25) is 5.91 Å². The number of carbonyl (C=O) groups excluding carboxylic acids is 1. The van der Waals surface area contributed by atoms with Gasteiger partial charge in [-0.3, -0.25) is 14.8 Å². The van der Waals surface area contributed by atoms with Gasteiger partial charge in [0.05, 0.1) is 22.5 Å². The smallest absolute Gasteiger partial charge is 0.335 e. The number of carbonyl (C=O) groups is 2. The zero-order valence-corrected chi connectivity index (χ0v) is 17.6. The van der Waals surface area contributed by atoms with Crippen molar-refractivity contribution >= 4 is 22.8 Å². The minimum Gasteiger partial charge on any atom is -0.478 e. The van der Waals surface area contributed by atoms with E-state index < -0.39 is 5.97 Å². The fraction of sp³-hybridized carbons (Fsp3) is 0.333. The van der Waals surface area contributed by atoms with Crippen LogP contribution in [0.25, 0.3) is 22.3 Å². The van der Waals surface area contributed by atoms with Crippen molar-refractivity contribution in [1.82, 2.24) is 19.4 Å². The Labute approximate surface area is 181 Å². The Morgan fingerprint density at radius 3 is 2.74 bits per heavy atom. The fourth-order valence-electron chi connectivity index (χ4n) is 4.09. The summed E-state index contributed by atoms with van der Waals surface area (Å²) in [6, 6.07) is 5.01. The lowest BCUT2D eigenvalue weighted by Crippen LogP contribution is -2.50. The Hall–Kier alpha value is -3.48. The van der Waals surface area contributed by atoms with Crippen LogP contribution >= 0.6 is 0 Å². The van der Waals surface area contributed by atoms with E-state index in [-0.39, 0.29) is 11.5 Å². The van der Waals surface area contributed by atoms with Crippen LogP contribution in [0.1, 0.15) is 35.7 Å². The summed E-state index contributed by atoms with van der Waals surface area (Å²) in [6.45, 7) is 8.01. The van der Waals surface area contributed by atoms with Crippen molar-refractivity contribution in [1.29, 1.82) is 0 Å². The topological polar surface area (TPSA) is 88.3 Å². The lowest BCUT2D eigenvalue weighted by atomic mass is 10.00. The molecule has 7 nitrogen and oxygen atoms in total. The highest BCUT2D eigenvalue weighted by Gasteiger charge is 2.29. The van der Waals surface area contributed by atoms with Crippen LogP contribution in [-0.2, 0) is 17.8 Å². The first-order valence-corrected chi connectivity index (χ1v) is 10.6. The highest BCUT2D eigenvalue weighted by atomic mass is 16.4. The summed E-state index contributed by atoms with van der Waals surface area (Å²) in [5.74, 6) is -0.615. The summed E-state index contributed by atoms with van der Waals surface area (Å²) in [5.41, 5.74) is 3.70. The number of aromatic nitrogens is 3. The van der Waals surface area contributed by atoms with Gasteiger partial charge in [-0.1, -0.05) is 19.9 Å². The number of amides is 1. The molecule has 1 aliphatic rings. The van der Waals surface area contributed by atoms with E-state index in [0.717, 1.165) is 49.8 Å². The molecular formula is C24H26N4O3. The van der Waals surface area contributed by atoms with Crippen molar-refractivity contribution in [2.75, 3.05) is 13.1 Å². The number of likely N-dealkylation sites (tertiary alicyclic amines) is 1. The fourth-order valence-corrected chi connectivity index (χ4v) is 4.09. The summed E-state index contributed by atoms with van der Waals surface area (Å²) < 4.78 is 2.24. The van der Waals surface area contributed by atoms with Crippen LogP contribution in [0.5, 0.6) is 0 Å². The van der Waals surface area contributed by atoms with E-state index in [0.29, 0.717) is 17.3 Å². The van der Waals surface area contributed by atoms with E-state index in [1.54, 1.807) is 11.0 Å². The summed E-state index contributed by atoms with van der Waals surface area (Å²) in [7, 11) is 0. The van der Waals surface area contributed by atoms with E-state index in [2.05, 4.69) is 34.2 Å². The monoisotopic (exact) mass is 418 g/mol. The molecule has 31 heavy (non-hydrogen) atoms. The molecule has 1 fully saturated rings. The van der Waals surface area contributed by atoms with Crippen LogP contribution in [0.3, 0.4) is 0 Å². The quantitative estimate of drug-likeness (QED) is 0.563. The zero-order chi connectivity index (χ0) is 22.0.